The van der Waals surface area contributed by atoms with Crippen molar-refractivity contribution in [2.75, 3.05) is 0 Å². The molecule has 86 valence electrons. The maximum atomic E-state index is 8.52. The zero-order valence-corrected chi connectivity index (χ0v) is 9.08. The molecule has 0 bridgehead atoms. The number of hydrogen-bond acceptors (Lipinski definition) is 4. The van der Waals surface area contributed by atoms with Crippen molar-refractivity contribution in [1.29, 1.82) is 0 Å². The van der Waals surface area contributed by atoms with E-state index in [4.69, 9.17) is 17.5 Å². The summed E-state index contributed by atoms with van der Waals surface area (Å²) in [4.78, 5) is 0. The van der Waals surface area contributed by atoms with Gasteiger partial charge in [0.1, 0.15) is 0 Å². The van der Waals surface area contributed by atoms with E-state index in [0.29, 0.717) is 0 Å². The van der Waals surface area contributed by atoms with Crippen molar-refractivity contribution in [3.8, 4) is 0 Å². The molecule has 0 saturated heterocycles. The Bertz CT molecular complexity index is 107. The van der Waals surface area contributed by atoms with Crippen LogP contribution in [0.25, 0.3) is 30.8 Å². The molecule has 0 unspecified atom stereocenters. The van der Waals surface area contributed by atoms with Crippen LogP contribution in [0.5, 0.6) is 0 Å². The normalized spacial score (nSPS) is 4.83. The van der Waals surface area contributed by atoms with Crippen LogP contribution in [-0.2, 0) is 27.2 Å². The van der Waals surface area contributed by atoms with Gasteiger partial charge in [-0.3, -0.25) is 8.42 Å². The van der Waals surface area contributed by atoms with E-state index in [1.54, 1.807) is 0 Å². The summed E-state index contributed by atoms with van der Waals surface area (Å²) in [6, 6.07) is 0. The van der Waals surface area contributed by atoms with Crippen molar-refractivity contribution in [2.24, 2.45) is 0 Å². The molecule has 0 heterocycles. The molecule has 9 nitrogen and oxygen atoms in total. The summed E-state index contributed by atoms with van der Waals surface area (Å²) in [5.74, 6) is 0. The molecular weight excluding hydrogens is 305 g/mol. The van der Waals surface area contributed by atoms with Gasteiger partial charge in [-0.1, -0.05) is 0 Å². The van der Waals surface area contributed by atoms with Gasteiger partial charge in [0.15, 0.2) is 0 Å². The van der Waals surface area contributed by atoms with Crippen molar-refractivity contribution in [1.82, 2.24) is 0 Å². The molecule has 0 aromatic rings. The van der Waals surface area contributed by atoms with Crippen LogP contribution in [0.4, 0.5) is 0 Å². The van der Waals surface area contributed by atoms with Crippen molar-refractivity contribution >= 4 is 10.4 Å². The topological polar surface area (TPSA) is 248 Å². The first-order chi connectivity index (χ1) is 2.00. The third-order valence-corrected chi connectivity index (χ3v) is 0. The Kier molecular flexibility index (Phi) is 197. The Morgan fingerprint density at radius 2 is 0.750 bits per heavy atom. The van der Waals surface area contributed by atoms with Gasteiger partial charge in [-0.05, 0) is 0 Å². The molecule has 0 saturated carbocycles. The van der Waals surface area contributed by atoms with Gasteiger partial charge in [0.05, 0.1) is 0 Å². The zero-order chi connectivity index (χ0) is 4.50. The minimum atomic E-state index is -5.17. The Morgan fingerprint density at radius 1 is 0.750 bits per heavy atom. The van der Waals surface area contributed by atoms with Gasteiger partial charge < -0.3 is 56.8 Å². The Labute approximate surface area is 92.5 Å². The Hall–Kier alpha value is 0.656. The smallest absolute Gasteiger partial charge is 1.00 e. The summed E-state index contributed by atoms with van der Waals surface area (Å²) in [6.07, 6.45) is 0. The standard InChI is InChI=1S/BrH.Co.5H2N.H2O4S/c;;;;;;;1-5(2,3)4/h1H;;5*1H2;(H2,1,2,3,4)/q;+3;5*-1;/p-3. The second kappa shape index (κ2) is 29.9. The molecule has 0 aliphatic heterocycles. The van der Waals surface area contributed by atoms with E-state index >= 15 is 0 Å². The quantitative estimate of drug-likeness (QED) is 0.412. The van der Waals surface area contributed by atoms with Crippen LogP contribution >= 0.6 is 0 Å². The first kappa shape index (κ1) is 79.3. The molecule has 0 spiro atoms. The fourth-order valence-electron chi connectivity index (χ4n) is 0. The first-order valence-corrected chi connectivity index (χ1v) is 2.00. The first-order valence-electron chi connectivity index (χ1n) is 0.667. The second-order valence-electron chi connectivity index (χ2n) is 0.408. The van der Waals surface area contributed by atoms with E-state index in [1.165, 1.54) is 0 Å². The molecule has 0 fully saturated rings. The molecule has 0 radical (unpaired) electrons. The molecule has 12 heteroatoms. The zero-order valence-electron chi connectivity index (χ0n) is 5.64. The number of hydrogen-bond donors (Lipinski definition) is 0. The van der Waals surface area contributed by atoms with Crippen LogP contribution in [-0.4, -0.2) is 17.5 Å². The molecule has 0 atom stereocenters. The van der Waals surface area contributed by atoms with E-state index < -0.39 is 10.4 Å². The monoisotopic (exact) mass is 314 g/mol. The maximum Gasteiger partial charge on any atom is 3.00 e. The Morgan fingerprint density at radius 3 is 0.750 bits per heavy atom. The molecule has 0 amide bonds. The van der Waals surface area contributed by atoms with Crippen LogP contribution in [0.3, 0.4) is 0 Å². The average molecular weight is 315 g/mol. The number of nitrogens with two attached hydrogens (primary N) is 5. The van der Waals surface area contributed by atoms with Gasteiger partial charge in [-0.25, -0.2) is 0 Å². The van der Waals surface area contributed by atoms with Crippen molar-refractivity contribution < 1.29 is 51.3 Å². The van der Waals surface area contributed by atoms with E-state index in [2.05, 4.69) is 0 Å². The fourth-order valence-corrected chi connectivity index (χ4v) is 0. The molecule has 0 aliphatic carbocycles. The Balaban J connectivity index is -0.00000000381. The number of halogens is 1. The van der Waals surface area contributed by atoms with Gasteiger partial charge in [0.2, 0.25) is 0 Å². The fraction of sp³-hybridized carbons (Fsp3) is 0. The predicted molar refractivity (Wildman–Crippen MR) is 36.9 cm³/mol. The van der Waals surface area contributed by atoms with Gasteiger partial charge in [0, 0.05) is 10.4 Å². The predicted octanol–water partition coefficient (Wildman–Crippen LogP) is -0.751. The summed E-state index contributed by atoms with van der Waals surface area (Å²) >= 11 is 0. The summed E-state index contributed by atoms with van der Waals surface area (Å²) in [7, 11) is -5.17. The molecule has 0 aromatic heterocycles. The summed E-state index contributed by atoms with van der Waals surface area (Å²) in [5, 5.41) is 0. The van der Waals surface area contributed by atoms with Gasteiger partial charge in [-0.15, -0.1) is 0 Å². The molecular formula is H10BrCoN5O4S-5. The molecule has 12 heavy (non-hydrogen) atoms. The minimum Gasteiger partial charge on any atom is -1.00 e. The van der Waals surface area contributed by atoms with Crippen LogP contribution in [0.15, 0.2) is 0 Å². The van der Waals surface area contributed by atoms with Gasteiger partial charge in [0.25, 0.3) is 0 Å². The molecule has 0 aromatic carbocycles. The third kappa shape index (κ3) is 2310. The molecule has 0 aliphatic rings. The second-order valence-corrected chi connectivity index (χ2v) is 1.22. The van der Waals surface area contributed by atoms with E-state index in [-0.39, 0.29) is 64.5 Å². The van der Waals surface area contributed by atoms with Crippen LogP contribution in [0.2, 0.25) is 0 Å². The van der Waals surface area contributed by atoms with Crippen LogP contribution in [0.1, 0.15) is 0 Å². The van der Waals surface area contributed by atoms with Crippen molar-refractivity contribution in [3.63, 3.8) is 0 Å². The molecule has 10 N–H and O–H groups in total. The molecule has 0 rings (SSSR count). The van der Waals surface area contributed by atoms with Crippen molar-refractivity contribution in [2.45, 2.75) is 0 Å². The maximum absolute atomic E-state index is 8.52. The van der Waals surface area contributed by atoms with E-state index in [0.717, 1.165) is 0 Å². The van der Waals surface area contributed by atoms with Gasteiger partial charge >= 0.3 is 16.8 Å². The summed E-state index contributed by atoms with van der Waals surface area (Å²) in [6.45, 7) is 0. The van der Waals surface area contributed by atoms with Crippen LogP contribution < -0.4 is 17.0 Å². The SMILES string of the molecule is O=S(=O)([O-])[O-].[Br-].[Co+3].[NH2-].[NH2-].[NH2-].[NH2-].[NH2-]. The van der Waals surface area contributed by atoms with Crippen LogP contribution in [0, 0.1) is 0 Å². The van der Waals surface area contributed by atoms with Gasteiger partial charge in [-0.2, -0.15) is 0 Å². The minimum absolute atomic E-state index is 0. The average Bonchev–Trinajstić information content (AvgIpc) is 0.722. The largest absolute Gasteiger partial charge is 3.00 e. The summed E-state index contributed by atoms with van der Waals surface area (Å²) in [5.41, 5.74) is 0. The van der Waals surface area contributed by atoms with E-state index in [9.17, 15) is 0 Å². The summed E-state index contributed by atoms with van der Waals surface area (Å²) < 4.78 is 34.1. The number of rotatable bonds is 0. The van der Waals surface area contributed by atoms with Crippen molar-refractivity contribution in [3.05, 3.63) is 30.8 Å². The third-order valence-electron chi connectivity index (χ3n) is 0. The van der Waals surface area contributed by atoms with E-state index in [1.807, 2.05) is 0 Å².